The van der Waals surface area contributed by atoms with E-state index in [2.05, 4.69) is 62.5 Å². The molecule has 5 aromatic rings. The maximum Gasteiger partial charge on any atom is 0.338 e. The minimum absolute atomic E-state index is 0. The van der Waals surface area contributed by atoms with Crippen LogP contribution >= 0.6 is 0 Å². The number of rotatable bonds is 17. The number of fused-ring (bicyclic) bond motifs is 2. The van der Waals surface area contributed by atoms with Crippen molar-refractivity contribution < 1.29 is 48.1 Å². The van der Waals surface area contributed by atoms with Crippen molar-refractivity contribution in [2.75, 3.05) is 13.1 Å². The predicted molar refractivity (Wildman–Crippen MR) is 310 cm³/mol. The largest absolute Gasteiger partial charge is 0.368 e. The zero-order chi connectivity index (χ0) is 58.3. The summed E-state index contributed by atoms with van der Waals surface area (Å²) in [4.78, 5) is 139. The Morgan fingerprint density at radius 3 is 2.04 bits per heavy atom. The van der Waals surface area contributed by atoms with Crippen molar-refractivity contribution in [1.82, 2.24) is 57.5 Å². The van der Waals surface area contributed by atoms with Crippen molar-refractivity contribution in [3.8, 4) is 0 Å². The van der Waals surface area contributed by atoms with Crippen molar-refractivity contribution in [1.29, 1.82) is 0 Å². The molecule has 0 spiro atoms. The highest BCUT2D eigenvalue weighted by Crippen LogP contribution is 2.21. The number of amides is 9. The molecule has 442 valence electrons. The van der Waals surface area contributed by atoms with E-state index in [1.807, 2.05) is 67.6 Å². The smallest absolute Gasteiger partial charge is 0.338 e. The number of carbonyl (C=O) groups excluding carboxylic acids is 9. The fourth-order valence-electron chi connectivity index (χ4n) is 9.18. The van der Waals surface area contributed by atoms with Crippen molar-refractivity contribution in [2.24, 2.45) is 17.2 Å². The van der Waals surface area contributed by atoms with Gasteiger partial charge in [-0.25, -0.2) is 4.98 Å². The Balaban J connectivity index is 0.00000298. The first-order valence-electron chi connectivity index (χ1n) is 27.7. The lowest BCUT2D eigenvalue weighted by Crippen LogP contribution is -2.78. The molecule has 1 saturated carbocycles. The summed E-state index contributed by atoms with van der Waals surface area (Å²) >= 11 is 0. The van der Waals surface area contributed by atoms with Crippen LogP contribution in [0.4, 0.5) is 0 Å². The number of H-pyrrole nitrogens is 2. The monoisotopic (exact) mass is 1130 g/mol. The molecule has 3 aromatic carbocycles. The van der Waals surface area contributed by atoms with Crippen LogP contribution in [0.2, 0.25) is 0 Å². The molecule has 1 saturated heterocycles. The SMILES string of the molecule is C.C1CC1.CCCCC(NC(C)=O)C(=O)NC1CC(=O)NCCCCC(C(N)=O)NC(=O)C(Cc2c[nH]c3ccccc23)NC(=O)C(CCC[NH+]=C(N)N)NC(=O)C(Cc2ccc3ccccc3c2)NC(=O)C(Cc2cnc[nH]2)NC1=O. The molecule has 1 aliphatic carbocycles. The number of carbonyl (C=O) groups is 9. The Kier molecular flexibility index (Phi) is 25.3. The molecule has 82 heavy (non-hydrogen) atoms. The fourth-order valence-corrected chi connectivity index (χ4v) is 9.18. The number of aromatic nitrogens is 3. The number of benzene rings is 3. The first-order valence-corrected chi connectivity index (χ1v) is 27.7. The van der Waals surface area contributed by atoms with Crippen LogP contribution in [0.5, 0.6) is 0 Å². The van der Waals surface area contributed by atoms with Gasteiger partial charge in [-0.2, -0.15) is 0 Å². The van der Waals surface area contributed by atoms with Crippen LogP contribution in [0.1, 0.15) is 115 Å². The zero-order valence-corrected chi connectivity index (χ0v) is 46.0. The third kappa shape index (κ3) is 20.7. The van der Waals surface area contributed by atoms with Crippen LogP contribution in [0, 0.1) is 0 Å². The molecule has 3 heterocycles. The number of aromatic amines is 2. The van der Waals surface area contributed by atoms with E-state index >= 15 is 0 Å². The van der Waals surface area contributed by atoms with Crippen molar-refractivity contribution in [2.45, 2.75) is 160 Å². The van der Waals surface area contributed by atoms with Crippen LogP contribution in [0.3, 0.4) is 0 Å². The summed E-state index contributed by atoms with van der Waals surface area (Å²) in [5, 5.41) is 24.3. The lowest BCUT2D eigenvalue weighted by Gasteiger charge is -2.28. The van der Waals surface area contributed by atoms with Gasteiger partial charge in [0.2, 0.25) is 53.2 Å². The molecule has 2 aromatic heterocycles. The first kappa shape index (κ1) is 64.0. The molecule has 9 amide bonds. The number of primary amides is 1. The third-order valence-corrected chi connectivity index (χ3v) is 13.7. The number of unbranched alkanes of at least 4 members (excludes halogenated alkanes) is 1. The number of nitrogens with two attached hydrogens (primary N) is 3. The molecule has 2 aliphatic rings. The Morgan fingerprint density at radius 2 is 1.37 bits per heavy atom. The van der Waals surface area contributed by atoms with Gasteiger partial charge in [0.1, 0.15) is 42.3 Å². The second-order valence-electron chi connectivity index (χ2n) is 20.5. The molecule has 7 atom stereocenters. The molecule has 24 nitrogen and oxygen atoms in total. The van der Waals surface area contributed by atoms with Crippen LogP contribution in [-0.4, -0.2) is 129 Å². The van der Waals surface area contributed by atoms with Gasteiger partial charge in [-0.05, 0) is 66.5 Å². The van der Waals surface area contributed by atoms with E-state index in [1.165, 1.54) is 38.7 Å². The average molecular weight is 1130 g/mol. The standard InChI is InChI=1S/C54H71N15O9.C3H6.CH4/c1-3-4-15-40(63-31(2)70)48(73)69-45-27-46(71)59-21-10-9-17-39(47(55)72)64-51(76)43(25-35-28-61-38-16-8-7-14-37(35)38)67-49(74)41(18-11-22-60-54(56)57)65-50(75)42(24-32-19-20-33-12-5-6-13-34(33)23-32)66-52(77)44(68-53(45)78)26-36-29-58-30-62-36;1-2-3-1;/h5-8,12-14,16,19-20,23,28-30,39-45,61H,3-4,9-11,15,17-18,21-22,24-27H2,1-2H3,(H2,55,72)(H,58,62)(H,59,71)(H,63,70)(H,64,76)(H,65,75)(H,66,77)(H,67,74)(H,68,78)(H,69,73)(H4,56,57,60);1-3H2;1H4/p+1. The topological polar surface area (TPSA) is 386 Å². The predicted octanol–water partition coefficient (Wildman–Crippen LogP) is -0.208. The van der Waals surface area contributed by atoms with Crippen LogP contribution < -0.4 is 64.7 Å². The summed E-state index contributed by atoms with van der Waals surface area (Å²) in [5.41, 5.74) is 19.6. The second-order valence-corrected chi connectivity index (χ2v) is 20.5. The number of para-hydroxylation sites is 1. The van der Waals surface area contributed by atoms with Gasteiger partial charge in [0.25, 0.3) is 0 Å². The Labute approximate surface area is 477 Å². The maximum absolute atomic E-state index is 15.0. The molecule has 1 aliphatic heterocycles. The lowest BCUT2D eigenvalue weighted by molar-refractivity contribution is -0.459. The van der Waals surface area contributed by atoms with E-state index in [9.17, 15) is 43.2 Å². The number of hydrogen-bond donors (Lipinski definition) is 14. The molecular formula is C58H82N15O9+. The first-order chi connectivity index (χ1) is 39.0. The molecule has 7 rings (SSSR count). The van der Waals surface area contributed by atoms with Gasteiger partial charge in [-0.15, -0.1) is 0 Å². The van der Waals surface area contributed by atoms with Gasteiger partial charge < -0.3 is 58.2 Å². The molecule has 0 bridgehead atoms. The van der Waals surface area contributed by atoms with E-state index < -0.39 is 102 Å². The number of nitrogens with zero attached hydrogens (tertiary/aromatic N) is 1. The van der Waals surface area contributed by atoms with Crippen molar-refractivity contribution in [3.63, 3.8) is 0 Å². The van der Waals surface area contributed by atoms with Crippen LogP contribution in [0.25, 0.3) is 21.7 Å². The Hall–Kier alpha value is -8.83. The summed E-state index contributed by atoms with van der Waals surface area (Å²) in [6, 6.07) is 11.0. The lowest BCUT2D eigenvalue weighted by atomic mass is 9.99. The number of guanidine groups is 1. The van der Waals surface area contributed by atoms with Crippen LogP contribution in [0.15, 0.2) is 85.5 Å². The van der Waals surface area contributed by atoms with Gasteiger partial charge in [-0.1, -0.05) is 107 Å². The molecule has 0 radical (unpaired) electrons. The number of nitrogens with one attached hydrogen (secondary N) is 11. The molecular weight excluding hydrogens is 1050 g/mol. The van der Waals surface area contributed by atoms with Crippen LogP contribution in [-0.2, 0) is 62.4 Å². The van der Waals surface area contributed by atoms with Gasteiger partial charge in [0.15, 0.2) is 0 Å². The van der Waals surface area contributed by atoms with E-state index in [4.69, 9.17) is 17.2 Å². The van der Waals surface area contributed by atoms with E-state index in [0.29, 0.717) is 29.7 Å². The highest BCUT2D eigenvalue weighted by molar-refractivity contribution is 5.99. The Morgan fingerprint density at radius 1 is 0.720 bits per heavy atom. The average Bonchev–Trinajstić information content (AvgIpc) is 4.30. The Bertz CT molecular complexity index is 2990. The maximum atomic E-state index is 15.0. The molecule has 17 N–H and O–H groups in total. The summed E-state index contributed by atoms with van der Waals surface area (Å²) in [5.74, 6) is -6.95. The van der Waals surface area contributed by atoms with E-state index in [1.54, 1.807) is 12.3 Å². The van der Waals surface area contributed by atoms with Crippen molar-refractivity contribution in [3.05, 3.63) is 102 Å². The summed E-state index contributed by atoms with van der Waals surface area (Å²) in [6.07, 6.45) is 10.3. The second kappa shape index (κ2) is 32.4. The zero-order valence-electron chi connectivity index (χ0n) is 46.0. The highest BCUT2D eigenvalue weighted by atomic mass is 16.2. The third-order valence-electron chi connectivity index (χ3n) is 13.7. The van der Waals surface area contributed by atoms with Gasteiger partial charge >= 0.3 is 5.96 Å². The van der Waals surface area contributed by atoms with Gasteiger partial charge in [0, 0.05) is 61.7 Å². The summed E-state index contributed by atoms with van der Waals surface area (Å²) < 4.78 is 0. The fraction of sp³-hybridized carbons (Fsp3) is 0.466. The van der Waals surface area contributed by atoms with Gasteiger partial charge in [-0.3, -0.25) is 59.6 Å². The minimum Gasteiger partial charge on any atom is -0.368 e. The molecule has 24 heteroatoms. The number of hydrogen-bond acceptors (Lipinski definition) is 10. The molecule has 2 fully saturated rings. The summed E-state index contributed by atoms with van der Waals surface area (Å²) in [7, 11) is 0. The normalized spacial score (nSPS) is 20.8. The molecule has 7 unspecified atom stereocenters. The minimum atomic E-state index is -1.58. The van der Waals surface area contributed by atoms with E-state index in [-0.39, 0.29) is 84.3 Å². The quantitative estimate of drug-likeness (QED) is 0.0327. The highest BCUT2D eigenvalue weighted by Gasteiger charge is 2.35. The van der Waals surface area contributed by atoms with Crippen molar-refractivity contribution >= 4 is 80.8 Å². The van der Waals surface area contributed by atoms with E-state index in [0.717, 1.165) is 21.7 Å². The number of imidazole rings is 1. The summed E-state index contributed by atoms with van der Waals surface area (Å²) in [6.45, 7) is 3.38. The van der Waals surface area contributed by atoms with Gasteiger partial charge in [0.05, 0.1) is 19.3 Å².